The highest BCUT2D eigenvalue weighted by atomic mass is 16.5. The van der Waals surface area contributed by atoms with E-state index in [9.17, 15) is 4.79 Å². The Hall–Kier alpha value is -1.55. The van der Waals surface area contributed by atoms with Gasteiger partial charge >= 0.3 is 0 Å². The molecule has 1 N–H and O–H groups in total. The predicted molar refractivity (Wildman–Crippen MR) is 78.9 cm³/mol. The number of nitrogens with zero attached hydrogens (tertiary/aromatic N) is 1. The summed E-state index contributed by atoms with van der Waals surface area (Å²) in [5.41, 5.74) is 2.42. The van der Waals surface area contributed by atoms with Crippen LogP contribution in [0.2, 0.25) is 0 Å². The van der Waals surface area contributed by atoms with Crippen LogP contribution in [0, 0.1) is 6.92 Å². The van der Waals surface area contributed by atoms with Gasteiger partial charge in [0.1, 0.15) is 0 Å². The number of carbonyl (C=O) groups is 1. The molecule has 1 saturated heterocycles. The van der Waals surface area contributed by atoms with Gasteiger partial charge in [-0.25, -0.2) is 0 Å². The first-order valence-corrected chi connectivity index (χ1v) is 7.46. The SMILES string of the molecule is Cc1cccc(N2CCO[C@@H](C(=O)NC3CCC3)C2)c1. The minimum Gasteiger partial charge on any atom is -0.366 e. The molecule has 2 fully saturated rings. The van der Waals surface area contributed by atoms with Crippen LogP contribution in [-0.4, -0.2) is 37.7 Å². The van der Waals surface area contributed by atoms with Crippen LogP contribution >= 0.6 is 0 Å². The minimum atomic E-state index is -0.343. The number of rotatable bonds is 3. The minimum absolute atomic E-state index is 0.0482. The zero-order valence-electron chi connectivity index (χ0n) is 12.0. The van der Waals surface area contributed by atoms with Gasteiger partial charge in [-0.15, -0.1) is 0 Å². The Morgan fingerprint density at radius 2 is 2.25 bits per heavy atom. The van der Waals surface area contributed by atoms with Crippen molar-refractivity contribution in [1.29, 1.82) is 0 Å². The van der Waals surface area contributed by atoms with E-state index in [2.05, 4.69) is 41.4 Å². The average Bonchev–Trinajstić information content (AvgIpc) is 2.43. The van der Waals surface area contributed by atoms with Gasteiger partial charge in [-0.1, -0.05) is 12.1 Å². The molecule has 108 valence electrons. The van der Waals surface area contributed by atoms with Gasteiger partial charge in [-0.05, 0) is 43.9 Å². The van der Waals surface area contributed by atoms with Crippen molar-refractivity contribution >= 4 is 11.6 Å². The molecule has 1 aromatic rings. The molecule has 3 rings (SSSR count). The van der Waals surface area contributed by atoms with Crippen LogP contribution in [0.15, 0.2) is 24.3 Å². The Kier molecular flexibility index (Phi) is 3.92. The first-order valence-electron chi connectivity index (χ1n) is 7.46. The zero-order valence-corrected chi connectivity index (χ0v) is 12.0. The third-order valence-electron chi connectivity index (χ3n) is 4.18. The number of benzene rings is 1. The van der Waals surface area contributed by atoms with E-state index in [0.717, 1.165) is 19.4 Å². The number of anilines is 1. The Morgan fingerprint density at radius 1 is 1.40 bits per heavy atom. The summed E-state index contributed by atoms with van der Waals surface area (Å²) >= 11 is 0. The molecule has 20 heavy (non-hydrogen) atoms. The predicted octanol–water partition coefficient (Wildman–Crippen LogP) is 1.87. The van der Waals surface area contributed by atoms with Crippen molar-refractivity contribution in [3.8, 4) is 0 Å². The molecule has 0 spiro atoms. The van der Waals surface area contributed by atoms with Crippen molar-refractivity contribution in [1.82, 2.24) is 5.32 Å². The Balaban J connectivity index is 1.62. The second kappa shape index (κ2) is 5.83. The van der Waals surface area contributed by atoms with Gasteiger partial charge in [0.25, 0.3) is 5.91 Å². The molecule has 1 saturated carbocycles. The third-order valence-corrected chi connectivity index (χ3v) is 4.18. The fraction of sp³-hybridized carbons (Fsp3) is 0.562. The first kappa shape index (κ1) is 13.4. The molecule has 0 bridgehead atoms. The van der Waals surface area contributed by atoms with E-state index in [1.807, 2.05) is 0 Å². The second-order valence-corrected chi connectivity index (χ2v) is 5.78. The Bertz CT molecular complexity index is 485. The number of amides is 1. The van der Waals surface area contributed by atoms with Gasteiger partial charge in [-0.3, -0.25) is 4.79 Å². The van der Waals surface area contributed by atoms with Crippen LogP contribution < -0.4 is 10.2 Å². The van der Waals surface area contributed by atoms with E-state index in [4.69, 9.17) is 4.74 Å². The second-order valence-electron chi connectivity index (χ2n) is 5.78. The molecule has 2 aliphatic rings. The molecular formula is C16H22N2O2. The molecular weight excluding hydrogens is 252 g/mol. The first-order chi connectivity index (χ1) is 9.72. The van der Waals surface area contributed by atoms with Gasteiger partial charge in [0.15, 0.2) is 6.10 Å². The maximum atomic E-state index is 12.2. The maximum Gasteiger partial charge on any atom is 0.251 e. The normalized spacial score (nSPS) is 23.2. The largest absolute Gasteiger partial charge is 0.366 e. The standard InChI is InChI=1S/C16H22N2O2/c1-12-4-2-7-14(10-12)18-8-9-20-15(11-18)16(19)17-13-5-3-6-13/h2,4,7,10,13,15H,3,5-6,8-9,11H2,1H3,(H,17,19)/t15-/m1/s1. The van der Waals surface area contributed by atoms with Crippen molar-refractivity contribution < 1.29 is 9.53 Å². The lowest BCUT2D eigenvalue weighted by Crippen LogP contribution is -2.53. The number of ether oxygens (including phenoxy) is 1. The number of carbonyl (C=O) groups excluding carboxylic acids is 1. The topological polar surface area (TPSA) is 41.6 Å². The van der Waals surface area contributed by atoms with E-state index in [0.29, 0.717) is 19.2 Å². The molecule has 4 nitrogen and oxygen atoms in total. The lowest BCUT2D eigenvalue weighted by Gasteiger charge is -2.35. The number of hydrogen-bond donors (Lipinski definition) is 1. The lowest BCUT2D eigenvalue weighted by molar-refractivity contribution is -0.134. The van der Waals surface area contributed by atoms with E-state index < -0.39 is 0 Å². The molecule has 1 aliphatic heterocycles. The molecule has 0 aromatic heterocycles. The molecule has 1 aliphatic carbocycles. The molecule has 0 unspecified atom stereocenters. The summed E-state index contributed by atoms with van der Waals surface area (Å²) in [4.78, 5) is 14.4. The summed E-state index contributed by atoms with van der Waals surface area (Å²) in [5.74, 6) is 0.0482. The summed E-state index contributed by atoms with van der Waals surface area (Å²) in [6.45, 7) is 4.18. The highest BCUT2D eigenvalue weighted by Gasteiger charge is 2.29. The van der Waals surface area contributed by atoms with Crippen molar-refractivity contribution in [3.05, 3.63) is 29.8 Å². The quantitative estimate of drug-likeness (QED) is 0.915. The maximum absolute atomic E-state index is 12.2. The van der Waals surface area contributed by atoms with E-state index in [-0.39, 0.29) is 12.0 Å². The van der Waals surface area contributed by atoms with Crippen molar-refractivity contribution in [2.75, 3.05) is 24.6 Å². The van der Waals surface area contributed by atoms with Gasteiger partial charge < -0.3 is 15.0 Å². The molecule has 0 radical (unpaired) electrons. The van der Waals surface area contributed by atoms with E-state index in [1.165, 1.54) is 17.7 Å². The summed E-state index contributed by atoms with van der Waals surface area (Å²) in [5, 5.41) is 3.08. The lowest BCUT2D eigenvalue weighted by atomic mass is 9.93. The highest BCUT2D eigenvalue weighted by Crippen LogP contribution is 2.21. The molecule has 4 heteroatoms. The monoisotopic (exact) mass is 274 g/mol. The highest BCUT2D eigenvalue weighted by molar-refractivity contribution is 5.82. The van der Waals surface area contributed by atoms with Gasteiger partial charge in [-0.2, -0.15) is 0 Å². The van der Waals surface area contributed by atoms with Crippen LogP contribution in [0.4, 0.5) is 5.69 Å². The molecule has 1 aromatic carbocycles. The zero-order chi connectivity index (χ0) is 13.9. The van der Waals surface area contributed by atoms with Crippen molar-refractivity contribution in [3.63, 3.8) is 0 Å². The third kappa shape index (κ3) is 2.96. The number of hydrogen-bond acceptors (Lipinski definition) is 3. The summed E-state index contributed by atoms with van der Waals surface area (Å²) in [6.07, 6.45) is 3.11. The van der Waals surface area contributed by atoms with Crippen molar-refractivity contribution in [2.24, 2.45) is 0 Å². The van der Waals surface area contributed by atoms with Gasteiger partial charge in [0.2, 0.25) is 0 Å². The van der Waals surface area contributed by atoms with Gasteiger partial charge in [0.05, 0.1) is 13.2 Å². The fourth-order valence-electron chi connectivity index (χ4n) is 2.71. The van der Waals surface area contributed by atoms with Crippen LogP contribution in [0.5, 0.6) is 0 Å². The van der Waals surface area contributed by atoms with Crippen LogP contribution in [-0.2, 0) is 9.53 Å². The summed E-state index contributed by atoms with van der Waals surface area (Å²) in [7, 11) is 0. The van der Waals surface area contributed by atoms with Crippen LogP contribution in [0.1, 0.15) is 24.8 Å². The summed E-state index contributed by atoms with van der Waals surface area (Å²) in [6, 6.07) is 8.78. The van der Waals surface area contributed by atoms with Crippen LogP contribution in [0.25, 0.3) is 0 Å². The smallest absolute Gasteiger partial charge is 0.251 e. The fourth-order valence-corrected chi connectivity index (χ4v) is 2.71. The number of aryl methyl sites for hydroxylation is 1. The Morgan fingerprint density at radius 3 is 2.95 bits per heavy atom. The van der Waals surface area contributed by atoms with E-state index in [1.54, 1.807) is 0 Å². The van der Waals surface area contributed by atoms with Gasteiger partial charge in [0, 0.05) is 18.3 Å². The van der Waals surface area contributed by atoms with Crippen LogP contribution in [0.3, 0.4) is 0 Å². The number of nitrogens with one attached hydrogen (secondary N) is 1. The Labute approximate surface area is 120 Å². The number of morpholine rings is 1. The average molecular weight is 274 g/mol. The molecule has 1 amide bonds. The van der Waals surface area contributed by atoms with Crippen molar-refractivity contribution in [2.45, 2.75) is 38.3 Å². The van der Waals surface area contributed by atoms with E-state index >= 15 is 0 Å². The molecule has 1 atom stereocenters. The summed E-state index contributed by atoms with van der Waals surface area (Å²) < 4.78 is 5.64. The molecule has 1 heterocycles.